The molecular formula is C19H32O3S. The van der Waals surface area contributed by atoms with E-state index in [1.165, 1.54) is 57.8 Å². The second-order valence-corrected chi connectivity index (χ2v) is 10.9. The fourth-order valence-electron chi connectivity index (χ4n) is 7.68. The molecule has 0 heterocycles. The van der Waals surface area contributed by atoms with E-state index in [9.17, 15) is 13.0 Å². The zero-order chi connectivity index (χ0) is 16.3. The summed E-state index contributed by atoms with van der Waals surface area (Å²) in [6.07, 6.45) is 13.7. The Morgan fingerprint density at radius 2 is 1.74 bits per heavy atom. The molecule has 0 aromatic carbocycles. The summed E-state index contributed by atoms with van der Waals surface area (Å²) in [5.74, 6) is 2.63. The van der Waals surface area contributed by atoms with Gasteiger partial charge in [0.1, 0.15) is 0 Å². The second kappa shape index (κ2) is 5.45. The van der Waals surface area contributed by atoms with E-state index in [0.29, 0.717) is 23.2 Å². The Balaban J connectivity index is 1.71. The summed E-state index contributed by atoms with van der Waals surface area (Å²) in [7, 11) is -3.89. The Kier molecular flexibility index (Phi) is 3.88. The molecule has 132 valence electrons. The van der Waals surface area contributed by atoms with Gasteiger partial charge < -0.3 is 0 Å². The highest BCUT2D eigenvalue weighted by Crippen LogP contribution is 2.66. The third kappa shape index (κ3) is 2.59. The lowest BCUT2D eigenvalue weighted by Crippen LogP contribution is -2.55. The van der Waals surface area contributed by atoms with Crippen molar-refractivity contribution in [2.24, 2.45) is 34.5 Å². The molecule has 1 unspecified atom stereocenters. The summed E-state index contributed by atoms with van der Waals surface area (Å²) in [5, 5.41) is 0. The molecule has 4 heteroatoms. The maximum atomic E-state index is 11.9. The Morgan fingerprint density at radius 3 is 2.52 bits per heavy atom. The molecule has 4 aliphatic carbocycles. The van der Waals surface area contributed by atoms with Crippen molar-refractivity contribution in [3.63, 3.8) is 0 Å². The number of fused-ring (bicyclic) bond motifs is 5. The highest BCUT2D eigenvalue weighted by molar-refractivity contribution is 7.85. The minimum absolute atomic E-state index is 0.0370. The fraction of sp³-hybridized carbons (Fsp3) is 1.00. The fourth-order valence-corrected chi connectivity index (χ4v) is 8.96. The molecule has 3 nitrogen and oxygen atoms in total. The zero-order valence-electron chi connectivity index (χ0n) is 14.5. The van der Waals surface area contributed by atoms with Crippen LogP contribution in [0.5, 0.6) is 0 Å². The molecule has 6 atom stereocenters. The van der Waals surface area contributed by atoms with Crippen LogP contribution in [0.25, 0.3) is 0 Å². The monoisotopic (exact) mass is 340 g/mol. The van der Waals surface area contributed by atoms with E-state index in [-0.39, 0.29) is 11.2 Å². The van der Waals surface area contributed by atoms with Gasteiger partial charge in [-0.1, -0.05) is 26.2 Å². The average Bonchev–Trinajstić information content (AvgIpc) is 2.86. The molecular weight excluding hydrogens is 308 g/mol. The van der Waals surface area contributed by atoms with Crippen LogP contribution in [0.2, 0.25) is 0 Å². The van der Waals surface area contributed by atoms with Crippen molar-refractivity contribution in [2.45, 2.75) is 77.6 Å². The summed E-state index contributed by atoms with van der Waals surface area (Å²) in [4.78, 5) is 0. The Labute approximate surface area is 141 Å². The third-order valence-electron chi connectivity index (χ3n) is 8.51. The van der Waals surface area contributed by atoms with E-state index in [2.05, 4.69) is 6.92 Å². The van der Waals surface area contributed by atoms with Crippen LogP contribution in [0.1, 0.15) is 77.6 Å². The first-order valence-corrected chi connectivity index (χ1v) is 11.4. The van der Waals surface area contributed by atoms with Crippen molar-refractivity contribution in [1.29, 1.82) is 0 Å². The first-order chi connectivity index (χ1) is 10.8. The molecule has 0 aromatic heterocycles. The molecule has 0 bridgehead atoms. The van der Waals surface area contributed by atoms with Crippen LogP contribution in [0.3, 0.4) is 0 Å². The average molecular weight is 341 g/mol. The molecule has 0 amide bonds. The molecule has 4 rings (SSSR count). The SMILES string of the molecule is C[C@@]12CCC[C@H]1[C@@H]1CCC3CCCC[C@]3(CS(=O)(=O)O)[C@H]1CC2. The van der Waals surface area contributed by atoms with E-state index >= 15 is 0 Å². The highest BCUT2D eigenvalue weighted by atomic mass is 32.2. The minimum atomic E-state index is -3.89. The first kappa shape index (κ1) is 16.4. The van der Waals surface area contributed by atoms with Gasteiger partial charge in [0.25, 0.3) is 10.1 Å². The lowest BCUT2D eigenvalue weighted by Gasteiger charge is -2.60. The van der Waals surface area contributed by atoms with Gasteiger partial charge in [-0.15, -0.1) is 0 Å². The summed E-state index contributed by atoms with van der Waals surface area (Å²) >= 11 is 0. The molecule has 1 N–H and O–H groups in total. The van der Waals surface area contributed by atoms with Gasteiger partial charge in [0.15, 0.2) is 0 Å². The van der Waals surface area contributed by atoms with Gasteiger partial charge in [-0.2, -0.15) is 8.42 Å². The molecule has 0 radical (unpaired) electrons. The molecule has 4 fully saturated rings. The lowest BCUT2D eigenvalue weighted by atomic mass is 9.45. The predicted octanol–water partition coefficient (Wildman–Crippen LogP) is 4.68. The molecule has 23 heavy (non-hydrogen) atoms. The molecule has 0 aromatic rings. The molecule has 4 aliphatic rings. The van der Waals surface area contributed by atoms with Crippen molar-refractivity contribution >= 4 is 10.1 Å². The quantitative estimate of drug-likeness (QED) is 0.743. The number of hydrogen-bond acceptors (Lipinski definition) is 2. The van der Waals surface area contributed by atoms with Gasteiger partial charge in [0.05, 0.1) is 5.75 Å². The molecule has 0 spiro atoms. The summed E-state index contributed by atoms with van der Waals surface area (Å²) in [6.45, 7) is 2.49. The summed E-state index contributed by atoms with van der Waals surface area (Å²) < 4.78 is 33.4. The van der Waals surface area contributed by atoms with Crippen LogP contribution in [0.4, 0.5) is 0 Å². The minimum Gasteiger partial charge on any atom is -0.286 e. The van der Waals surface area contributed by atoms with Crippen LogP contribution < -0.4 is 0 Å². The zero-order valence-corrected chi connectivity index (χ0v) is 15.3. The highest BCUT2D eigenvalue weighted by Gasteiger charge is 2.59. The van der Waals surface area contributed by atoms with Crippen LogP contribution >= 0.6 is 0 Å². The molecule has 0 aliphatic heterocycles. The van der Waals surface area contributed by atoms with Gasteiger partial charge >= 0.3 is 0 Å². The van der Waals surface area contributed by atoms with Gasteiger partial charge in [-0.05, 0) is 85.9 Å². The largest absolute Gasteiger partial charge is 0.286 e. The third-order valence-corrected chi connectivity index (χ3v) is 9.42. The van der Waals surface area contributed by atoms with Crippen molar-refractivity contribution in [2.75, 3.05) is 5.75 Å². The van der Waals surface area contributed by atoms with Crippen molar-refractivity contribution in [1.82, 2.24) is 0 Å². The maximum Gasteiger partial charge on any atom is 0.265 e. The van der Waals surface area contributed by atoms with Gasteiger partial charge in [-0.3, -0.25) is 4.55 Å². The summed E-state index contributed by atoms with van der Waals surface area (Å²) in [5.41, 5.74) is 0.403. The van der Waals surface area contributed by atoms with Gasteiger partial charge in [-0.25, -0.2) is 0 Å². The summed E-state index contributed by atoms with van der Waals surface area (Å²) in [6, 6.07) is 0. The van der Waals surface area contributed by atoms with Gasteiger partial charge in [0, 0.05) is 0 Å². The van der Waals surface area contributed by atoms with E-state index < -0.39 is 10.1 Å². The Bertz CT molecular complexity index is 571. The standard InChI is InChI=1S/C19H32O3S/c1-18-10-4-6-16(18)15-8-7-14-5-2-3-11-19(14,13-23(20,21)22)17(15)9-12-18/h14-17H,2-13H2,1H3,(H,20,21,22)/t14?,15-,16-,17-,18-,19+/m0/s1. The molecule has 0 saturated heterocycles. The lowest BCUT2D eigenvalue weighted by molar-refractivity contribution is -0.101. The van der Waals surface area contributed by atoms with E-state index in [1.807, 2.05) is 0 Å². The normalized spacial score (nSPS) is 50.0. The Morgan fingerprint density at radius 1 is 0.913 bits per heavy atom. The van der Waals surface area contributed by atoms with Crippen LogP contribution in [-0.4, -0.2) is 18.7 Å². The van der Waals surface area contributed by atoms with Gasteiger partial charge in [0.2, 0.25) is 0 Å². The van der Waals surface area contributed by atoms with E-state index in [1.54, 1.807) is 0 Å². The Hall–Kier alpha value is -0.0900. The topological polar surface area (TPSA) is 54.4 Å². The number of rotatable bonds is 2. The number of hydrogen-bond donors (Lipinski definition) is 1. The first-order valence-electron chi connectivity index (χ1n) is 9.79. The van der Waals surface area contributed by atoms with Crippen molar-refractivity contribution < 1.29 is 13.0 Å². The smallest absolute Gasteiger partial charge is 0.265 e. The van der Waals surface area contributed by atoms with Crippen LogP contribution in [-0.2, 0) is 10.1 Å². The predicted molar refractivity (Wildman–Crippen MR) is 91.7 cm³/mol. The van der Waals surface area contributed by atoms with E-state index in [0.717, 1.165) is 18.8 Å². The van der Waals surface area contributed by atoms with E-state index in [4.69, 9.17) is 0 Å². The molecule has 4 saturated carbocycles. The van der Waals surface area contributed by atoms with Crippen LogP contribution in [0.15, 0.2) is 0 Å². The maximum absolute atomic E-state index is 11.9. The van der Waals surface area contributed by atoms with Crippen LogP contribution in [0, 0.1) is 34.5 Å². The van der Waals surface area contributed by atoms with Crippen molar-refractivity contribution in [3.05, 3.63) is 0 Å². The van der Waals surface area contributed by atoms with Crippen molar-refractivity contribution in [3.8, 4) is 0 Å². The second-order valence-electron chi connectivity index (χ2n) is 9.44.